The predicted molar refractivity (Wildman–Crippen MR) is 85.4 cm³/mol. The Hall–Kier alpha value is -3.02. The van der Waals surface area contributed by atoms with E-state index in [0.717, 1.165) is 24.6 Å². The van der Waals surface area contributed by atoms with Crippen molar-refractivity contribution >= 4 is 5.90 Å². The highest BCUT2D eigenvalue weighted by atomic mass is 19.1. The van der Waals surface area contributed by atoms with Crippen LogP contribution in [-0.2, 0) is 9.47 Å². The van der Waals surface area contributed by atoms with E-state index in [1.165, 1.54) is 0 Å². The van der Waals surface area contributed by atoms with E-state index >= 15 is 0 Å². The van der Waals surface area contributed by atoms with Crippen molar-refractivity contribution in [3.8, 4) is 18.2 Å². The molecular formula is C19H14F2N4O2. The third-order valence-electron chi connectivity index (χ3n) is 6.06. The summed E-state index contributed by atoms with van der Waals surface area (Å²) in [6.45, 7) is 0. The molecule has 2 heterocycles. The lowest BCUT2D eigenvalue weighted by molar-refractivity contribution is -0.295. The number of nitriles is 3. The first-order valence-corrected chi connectivity index (χ1v) is 8.55. The van der Waals surface area contributed by atoms with Gasteiger partial charge in [-0.25, -0.2) is 8.78 Å². The van der Waals surface area contributed by atoms with Crippen molar-refractivity contribution in [1.29, 1.82) is 21.2 Å². The van der Waals surface area contributed by atoms with Gasteiger partial charge in [-0.2, -0.15) is 15.8 Å². The molecule has 1 saturated carbocycles. The van der Waals surface area contributed by atoms with Gasteiger partial charge in [-0.3, -0.25) is 5.41 Å². The fourth-order valence-electron chi connectivity index (χ4n) is 4.86. The highest BCUT2D eigenvalue weighted by Crippen LogP contribution is 2.69. The van der Waals surface area contributed by atoms with Gasteiger partial charge in [0, 0.05) is 12.0 Å². The van der Waals surface area contributed by atoms with E-state index in [0.29, 0.717) is 19.3 Å². The summed E-state index contributed by atoms with van der Waals surface area (Å²) in [5.74, 6) is -4.24. The van der Waals surface area contributed by atoms with Crippen LogP contribution < -0.4 is 0 Å². The first kappa shape index (κ1) is 17.4. The molecule has 2 aliphatic heterocycles. The quantitative estimate of drug-likeness (QED) is 0.815. The molecule has 1 aromatic carbocycles. The first-order chi connectivity index (χ1) is 12.9. The zero-order valence-corrected chi connectivity index (χ0v) is 14.1. The maximum absolute atomic E-state index is 14.5. The van der Waals surface area contributed by atoms with Gasteiger partial charge in [-0.15, -0.1) is 0 Å². The van der Waals surface area contributed by atoms with E-state index in [2.05, 4.69) is 0 Å². The highest BCUT2D eigenvalue weighted by Gasteiger charge is 2.80. The molecule has 1 N–H and O–H groups in total. The van der Waals surface area contributed by atoms with Gasteiger partial charge < -0.3 is 9.47 Å². The Balaban J connectivity index is 2.04. The van der Waals surface area contributed by atoms with Gasteiger partial charge in [-0.05, 0) is 31.0 Å². The summed E-state index contributed by atoms with van der Waals surface area (Å²) in [5, 5.41) is 38.4. The second kappa shape index (κ2) is 5.49. The van der Waals surface area contributed by atoms with E-state index in [9.17, 15) is 24.6 Å². The van der Waals surface area contributed by atoms with Gasteiger partial charge in [0.25, 0.3) is 0 Å². The van der Waals surface area contributed by atoms with E-state index in [4.69, 9.17) is 14.9 Å². The molecular weight excluding hydrogens is 354 g/mol. The topological polar surface area (TPSA) is 114 Å². The van der Waals surface area contributed by atoms with Crippen molar-refractivity contribution in [2.75, 3.05) is 0 Å². The number of rotatable bonds is 1. The summed E-state index contributed by atoms with van der Waals surface area (Å²) in [6.07, 6.45) is 0.612. The van der Waals surface area contributed by atoms with Crippen LogP contribution in [0.15, 0.2) is 18.2 Å². The largest absolute Gasteiger partial charge is 0.447 e. The van der Waals surface area contributed by atoms with E-state index in [-0.39, 0.29) is 5.56 Å². The third kappa shape index (κ3) is 1.85. The molecule has 8 heteroatoms. The summed E-state index contributed by atoms with van der Waals surface area (Å²) in [4.78, 5) is 0. The van der Waals surface area contributed by atoms with Crippen molar-refractivity contribution in [3.05, 3.63) is 35.4 Å². The number of nitrogens with one attached hydrogen (secondary N) is 1. The van der Waals surface area contributed by atoms with Crippen molar-refractivity contribution in [1.82, 2.24) is 0 Å². The molecule has 0 radical (unpaired) electrons. The average Bonchev–Trinajstić information content (AvgIpc) is 2.88. The zero-order valence-electron chi connectivity index (χ0n) is 14.1. The van der Waals surface area contributed by atoms with Crippen LogP contribution in [0.3, 0.4) is 0 Å². The molecule has 3 fully saturated rings. The number of benzene rings is 1. The summed E-state index contributed by atoms with van der Waals surface area (Å²) < 4.78 is 40.1. The second-order valence-electron chi connectivity index (χ2n) is 7.16. The standard InChI is InChI=1S/C19H14F2N4O2/c20-11-4-5-13(21)12(7-11)15-17(8-22,9-23)18(10-24)14-3-1-2-6-19(14,26-15)27-16(18)25/h4-5,7,14-15,25H,1-3,6H2. The number of hydrogen-bond donors (Lipinski definition) is 1. The Labute approximate surface area is 154 Å². The van der Waals surface area contributed by atoms with Crippen molar-refractivity contribution < 1.29 is 18.3 Å². The molecule has 2 saturated heterocycles. The van der Waals surface area contributed by atoms with Crippen LogP contribution in [0.5, 0.6) is 0 Å². The zero-order chi connectivity index (χ0) is 19.4. The smallest absolute Gasteiger partial charge is 0.217 e. The Morgan fingerprint density at radius 3 is 2.52 bits per heavy atom. The van der Waals surface area contributed by atoms with Gasteiger partial charge in [-0.1, -0.05) is 6.42 Å². The highest BCUT2D eigenvalue weighted by molar-refractivity contribution is 5.89. The Morgan fingerprint density at radius 2 is 1.85 bits per heavy atom. The lowest BCUT2D eigenvalue weighted by Crippen LogP contribution is -2.60. The summed E-state index contributed by atoms with van der Waals surface area (Å²) in [5.41, 5.74) is -4.51. The minimum Gasteiger partial charge on any atom is -0.447 e. The van der Waals surface area contributed by atoms with E-state index in [1.54, 1.807) is 0 Å². The number of ether oxygens (including phenoxy) is 2. The lowest BCUT2D eigenvalue weighted by Gasteiger charge is -2.51. The fraction of sp³-hybridized carbons (Fsp3) is 0.474. The van der Waals surface area contributed by atoms with Crippen LogP contribution in [0.25, 0.3) is 0 Å². The van der Waals surface area contributed by atoms with Crippen molar-refractivity contribution in [2.24, 2.45) is 16.7 Å². The van der Waals surface area contributed by atoms with Gasteiger partial charge in [0.2, 0.25) is 17.1 Å². The molecule has 0 aromatic heterocycles. The minimum atomic E-state index is -2.25. The molecule has 2 bridgehead atoms. The molecule has 27 heavy (non-hydrogen) atoms. The van der Waals surface area contributed by atoms with Gasteiger partial charge in [0.15, 0.2) is 5.41 Å². The SMILES string of the molecule is N#CC1(C#N)C(c2cc(F)ccc2F)OC23CCCCC2C1(C#N)C(=N)O3. The molecule has 4 unspecified atom stereocenters. The molecule has 0 amide bonds. The molecule has 1 aliphatic carbocycles. The maximum Gasteiger partial charge on any atom is 0.217 e. The van der Waals surface area contributed by atoms with Crippen LogP contribution in [-0.4, -0.2) is 11.7 Å². The Morgan fingerprint density at radius 1 is 1.11 bits per heavy atom. The lowest BCUT2D eigenvalue weighted by atomic mass is 9.51. The number of nitrogens with zero attached hydrogens (tertiary/aromatic N) is 3. The van der Waals surface area contributed by atoms with Crippen LogP contribution in [0.2, 0.25) is 0 Å². The number of hydrogen-bond acceptors (Lipinski definition) is 6. The van der Waals surface area contributed by atoms with Crippen LogP contribution in [0, 0.1) is 67.8 Å². The summed E-state index contributed by atoms with van der Waals surface area (Å²) in [7, 11) is 0. The predicted octanol–water partition coefficient (Wildman–Crippen LogP) is 3.47. The molecule has 136 valence electrons. The summed E-state index contributed by atoms with van der Waals surface area (Å²) in [6, 6.07) is 8.29. The molecule has 6 nitrogen and oxygen atoms in total. The van der Waals surface area contributed by atoms with E-state index < -0.39 is 46.2 Å². The Bertz CT molecular complexity index is 961. The van der Waals surface area contributed by atoms with Gasteiger partial charge in [0.1, 0.15) is 17.7 Å². The monoisotopic (exact) mass is 368 g/mol. The maximum atomic E-state index is 14.5. The van der Waals surface area contributed by atoms with Crippen LogP contribution in [0.4, 0.5) is 8.78 Å². The molecule has 4 rings (SSSR count). The van der Waals surface area contributed by atoms with Gasteiger partial charge >= 0.3 is 0 Å². The summed E-state index contributed by atoms with van der Waals surface area (Å²) >= 11 is 0. The minimum absolute atomic E-state index is 0.334. The van der Waals surface area contributed by atoms with Crippen LogP contribution >= 0.6 is 0 Å². The fourth-order valence-corrected chi connectivity index (χ4v) is 4.86. The molecule has 4 atom stereocenters. The van der Waals surface area contributed by atoms with Crippen molar-refractivity contribution in [3.63, 3.8) is 0 Å². The Kier molecular flexibility index (Phi) is 3.54. The molecule has 0 spiro atoms. The van der Waals surface area contributed by atoms with Crippen LogP contribution in [0.1, 0.15) is 37.4 Å². The third-order valence-corrected chi connectivity index (χ3v) is 6.06. The van der Waals surface area contributed by atoms with E-state index in [1.807, 2.05) is 18.2 Å². The molecule has 3 aliphatic rings. The first-order valence-electron chi connectivity index (χ1n) is 8.55. The average molecular weight is 368 g/mol. The normalized spacial score (nSPS) is 35.9. The van der Waals surface area contributed by atoms with Gasteiger partial charge in [0.05, 0.1) is 24.1 Å². The number of halogens is 2. The second-order valence-corrected chi connectivity index (χ2v) is 7.16. The molecule has 1 aromatic rings. The van der Waals surface area contributed by atoms with Crippen molar-refractivity contribution in [2.45, 2.75) is 37.6 Å².